The first-order valence-corrected chi connectivity index (χ1v) is 14.0. The number of methoxy groups -OCH3 is 1. The summed E-state index contributed by atoms with van der Waals surface area (Å²) >= 11 is 0. The maximum absolute atomic E-state index is 14.4. The summed E-state index contributed by atoms with van der Waals surface area (Å²) in [4.78, 5) is 13.9. The van der Waals surface area contributed by atoms with E-state index in [9.17, 15) is 13.8 Å². The number of fused-ring (bicyclic) bond motifs is 1. The zero-order valence-corrected chi connectivity index (χ0v) is 20.3. The third-order valence-corrected chi connectivity index (χ3v) is 7.88. The second-order valence-electron chi connectivity index (χ2n) is 9.52. The predicted molar refractivity (Wildman–Crippen MR) is 130 cm³/mol. The molecule has 0 bridgehead atoms. The molecule has 1 aromatic heterocycles. The maximum atomic E-state index is 14.4. The highest BCUT2D eigenvalue weighted by Gasteiger charge is 2.35. The molecule has 3 atom stereocenters. The zero-order valence-electron chi connectivity index (χ0n) is 19.4. The van der Waals surface area contributed by atoms with Gasteiger partial charge in [-0.3, -0.25) is 4.57 Å². The molecule has 2 aliphatic rings. The third kappa shape index (κ3) is 5.03. The average molecular weight is 482 g/mol. The number of benzene rings is 2. The van der Waals surface area contributed by atoms with E-state index in [4.69, 9.17) is 9.47 Å². The van der Waals surface area contributed by atoms with Gasteiger partial charge in [-0.1, -0.05) is 30.3 Å². The molecule has 5 nitrogen and oxygen atoms in total. The Bertz CT molecular complexity index is 1250. The molecule has 3 aromatic rings. The standard InChI is InChI=1S/C27H29FNO4P/c1-32-27-14-23(25(28)15-29-27)20-8-10-22-19(12-20)9-11-26(22)33-21-5-3-4-18(13-21)24(17-6-7-17)16-34(2,30)31/h3-5,8,10,12-15,17,24,26H,6-7,9,11,16H2,1-2H3,(H,30,31)/t24-,26?/m0/s1. The Hall–Kier alpha value is -2.69. The molecule has 34 heavy (non-hydrogen) atoms. The van der Waals surface area contributed by atoms with Crippen molar-refractivity contribution in [3.05, 3.63) is 77.2 Å². The number of halogens is 1. The van der Waals surface area contributed by atoms with Crippen LogP contribution in [0, 0.1) is 11.7 Å². The Labute approximate surface area is 199 Å². The van der Waals surface area contributed by atoms with Gasteiger partial charge < -0.3 is 14.4 Å². The highest BCUT2D eigenvalue weighted by Crippen LogP contribution is 2.51. The van der Waals surface area contributed by atoms with Gasteiger partial charge in [0, 0.05) is 24.5 Å². The van der Waals surface area contributed by atoms with Crippen LogP contribution < -0.4 is 9.47 Å². The summed E-state index contributed by atoms with van der Waals surface area (Å²) < 4.78 is 38.1. The molecular formula is C27H29FNO4P. The second kappa shape index (κ2) is 9.16. The first-order valence-electron chi connectivity index (χ1n) is 11.7. The van der Waals surface area contributed by atoms with Gasteiger partial charge in [0.05, 0.1) is 13.3 Å². The first-order chi connectivity index (χ1) is 16.3. The quantitative estimate of drug-likeness (QED) is 0.380. The fraction of sp³-hybridized carbons (Fsp3) is 0.370. The first kappa shape index (κ1) is 23.1. The van der Waals surface area contributed by atoms with Gasteiger partial charge in [0.15, 0.2) is 7.37 Å². The van der Waals surface area contributed by atoms with Gasteiger partial charge in [-0.25, -0.2) is 9.37 Å². The molecule has 1 fully saturated rings. The van der Waals surface area contributed by atoms with Crippen LogP contribution >= 0.6 is 7.37 Å². The van der Waals surface area contributed by atoms with E-state index < -0.39 is 7.37 Å². The van der Waals surface area contributed by atoms with Crippen molar-refractivity contribution in [3.63, 3.8) is 0 Å². The number of rotatable bonds is 8. The molecule has 0 aliphatic heterocycles. The van der Waals surface area contributed by atoms with Gasteiger partial charge in [-0.15, -0.1) is 0 Å². The topological polar surface area (TPSA) is 68.7 Å². The molecule has 178 valence electrons. The average Bonchev–Trinajstić information content (AvgIpc) is 3.59. The van der Waals surface area contributed by atoms with Gasteiger partial charge in [-0.05, 0) is 71.9 Å². The van der Waals surface area contributed by atoms with Crippen LogP contribution in [-0.4, -0.2) is 29.8 Å². The summed E-state index contributed by atoms with van der Waals surface area (Å²) in [6, 6.07) is 15.6. The SMILES string of the molecule is COc1cc(-c2ccc3c(c2)CCC3Oc2cccc([C@@H](CP(C)(=O)O)C3CC3)c2)c(F)cn1. The molecule has 1 heterocycles. The largest absolute Gasteiger partial charge is 0.486 e. The number of ether oxygens (including phenoxy) is 2. The Balaban J connectivity index is 1.36. The van der Waals surface area contributed by atoms with Crippen molar-refractivity contribution in [3.8, 4) is 22.8 Å². The minimum atomic E-state index is -3.11. The molecule has 0 amide bonds. The van der Waals surface area contributed by atoms with Crippen LogP contribution in [0.25, 0.3) is 11.1 Å². The highest BCUT2D eigenvalue weighted by molar-refractivity contribution is 7.57. The van der Waals surface area contributed by atoms with Crippen molar-refractivity contribution in [2.24, 2.45) is 5.92 Å². The van der Waals surface area contributed by atoms with Crippen LogP contribution in [0.2, 0.25) is 0 Å². The molecule has 0 spiro atoms. The van der Waals surface area contributed by atoms with Crippen molar-refractivity contribution in [2.75, 3.05) is 19.9 Å². The molecular weight excluding hydrogens is 452 g/mol. The van der Waals surface area contributed by atoms with E-state index in [1.54, 1.807) is 6.07 Å². The van der Waals surface area contributed by atoms with Gasteiger partial charge in [-0.2, -0.15) is 0 Å². The van der Waals surface area contributed by atoms with Gasteiger partial charge in [0.2, 0.25) is 5.88 Å². The van der Waals surface area contributed by atoms with Crippen molar-refractivity contribution in [1.29, 1.82) is 0 Å². The van der Waals surface area contributed by atoms with Gasteiger partial charge in [0.25, 0.3) is 0 Å². The fourth-order valence-electron chi connectivity index (χ4n) is 4.99. The minimum absolute atomic E-state index is 0.0781. The zero-order chi connectivity index (χ0) is 23.9. The lowest BCUT2D eigenvalue weighted by Gasteiger charge is -2.21. The van der Waals surface area contributed by atoms with Crippen molar-refractivity contribution >= 4 is 7.37 Å². The summed E-state index contributed by atoms with van der Waals surface area (Å²) in [5, 5.41) is 0. The van der Waals surface area contributed by atoms with E-state index in [-0.39, 0.29) is 17.8 Å². The lowest BCUT2D eigenvalue weighted by molar-refractivity contribution is 0.207. The summed E-state index contributed by atoms with van der Waals surface area (Å²) in [7, 11) is -1.59. The lowest BCUT2D eigenvalue weighted by Crippen LogP contribution is -2.09. The molecule has 2 unspecified atom stereocenters. The Morgan fingerprint density at radius 1 is 1.18 bits per heavy atom. The second-order valence-corrected chi connectivity index (χ2v) is 12.0. The Morgan fingerprint density at radius 3 is 2.74 bits per heavy atom. The summed E-state index contributed by atoms with van der Waals surface area (Å²) in [6.45, 7) is 1.44. The summed E-state index contributed by atoms with van der Waals surface area (Å²) in [5.41, 5.74) is 4.60. The van der Waals surface area contributed by atoms with Crippen molar-refractivity contribution in [2.45, 2.75) is 37.7 Å². The van der Waals surface area contributed by atoms with Crippen molar-refractivity contribution < 1.29 is 23.3 Å². The van der Waals surface area contributed by atoms with E-state index in [0.717, 1.165) is 53.7 Å². The number of pyridine rings is 1. The van der Waals surface area contributed by atoms with E-state index in [0.29, 0.717) is 23.5 Å². The molecule has 0 radical (unpaired) electrons. The number of hydrogen-bond acceptors (Lipinski definition) is 4. The molecule has 5 rings (SSSR count). The number of aromatic nitrogens is 1. The van der Waals surface area contributed by atoms with Gasteiger partial charge in [0.1, 0.15) is 17.7 Å². The monoisotopic (exact) mass is 481 g/mol. The van der Waals surface area contributed by atoms with E-state index in [1.807, 2.05) is 42.5 Å². The molecule has 0 saturated heterocycles. The summed E-state index contributed by atoms with van der Waals surface area (Å²) in [6.07, 6.45) is 5.33. The Morgan fingerprint density at radius 2 is 2.00 bits per heavy atom. The van der Waals surface area contributed by atoms with Gasteiger partial charge >= 0.3 is 0 Å². The van der Waals surface area contributed by atoms with E-state index in [1.165, 1.54) is 20.0 Å². The van der Waals surface area contributed by atoms with Crippen LogP contribution in [0.3, 0.4) is 0 Å². The van der Waals surface area contributed by atoms with Crippen LogP contribution in [0.4, 0.5) is 4.39 Å². The molecule has 7 heteroatoms. The molecule has 2 aromatic carbocycles. The molecule has 1 N–H and O–H groups in total. The van der Waals surface area contributed by atoms with Crippen LogP contribution in [0.15, 0.2) is 54.7 Å². The Kier molecular flexibility index (Phi) is 6.22. The number of aryl methyl sites for hydroxylation is 1. The fourth-order valence-corrected chi connectivity index (χ4v) is 6.23. The minimum Gasteiger partial charge on any atom is -0.486 e. The maximum Gasteiger partial charge on any atom is 0.213 e. The van der Waals surface area contributed by atoms with Crippen LogP contribution in [0.1, 0.15) is 48.0 Å². The number of hydrogen-bond donors (Lipinski definition) is 1. The summed E-state index contributed by atoms with van der Waals surface area (Å²) in [5.74, 6) is 1.35. The van der Waals surface area contributed by atoms with Crippen LogP contribution in [0.5, 0.6) is 11.6 Å². The van der Waals surface area contributed by atoms with E-state index in [2.05, 4.69) is 4.98 Å². The van der Waals surface area contributed by atoms with Crippen molar-refractivity contribution in [1.82, 2.24) is 4.98 Å². The molecule has 1 saturated carbocycles. The molecule has 2 aliphatic carbocycles. The predicted octanol–water partition coefficient (Wildman–Crippen LogP) is 6.36. The number of nitrogens with zero attached hydrogens (tertiary/aromatic N) is 1. The lowest BCUT2D eigenvalue weighted by atomic mass is 9.96. The van der Waals surface area contributed by atoms with Crippen LogP contribution in [-0.2, 0) is 11.0 Å². The smallest absolute Gasteiger partial charge is 0.213 e. The third-order valence-electron chi connectivity index (χ3n) is 6.81. The highest BCUT2D eigenvalue weighted by atomic mass is 31.2. The van der Waals surface area contributed by atoms with E-state index >= 15 is 0 Å². The normalized spacial score (nSPS) is 19.8.